The van der Waals surface area contributed by atoms with Gasteiger partial charge in [-0.25, -0.2) is 0 Å². The number of allylic oxidation sites excluding steroid dienone is 3. The fourth-order valence-electron chi connectivity index (χ4n) is 5.91. The Morgan fingerprint density at radius 2 is 1.90 bits per heavy atom. The van der Waals surface area contributed by atoms with Crippen molar-refractivity contribution in [1.82, 2.24) is 0 Å². The van der Waals surface area contributed by atoms with E-state index in [9.17, 15) is 0 Å². The number of dihydropyridines is 1. The van der Waals surface area contributed by atoms with Gasteiger partial charge in [-0.1, -0.05) is 76.4 Å². The number of rotatable bonds is 6. The fourth-order valence-corrected chi connectivity index (χ4v) is 5.91. The molecule has 0 radical (unpaired) electrons. The van der Waals surface area contributed by atoms with Gasteiger partial charge in [0.15, 0.2) is 0 Å². The molecule has 2 aliphatic carbocycles. The predicted molar refractivity (Wildman–Crippen MR) is 133 cm³/mol. The summed E-state index contributed by atoms with van der Waals surface area (Å²) in [5.41, 5.74) is 4.27. The van der Waals surface area contributed by atoms with Crippen LogP contribution in [-0.2, 0) is 4.74 Å². The second kappa shape index (κ2) is 11.3. The quantitative estimate of drug-likeness (QED) is 0.189. The Morgan fingerprint density at radius 3 is 2.61 bits per heavy atom. The molecule has 4 atom stereocenters. The molecule has 0 saturated heterocycles. The van der Waals surface area contributed by atoms with Gasteiger partial charge in [-0.2, -0.15) is 0 Å². The van der Waals surface area contributed by atoms with E-state index in [1.165, 1.54) is 68.2 Å². The largest absolute Gasteiger partial charge is 0.378 e. The fraction of sp³-hybridized carbons (Fsp3) is 0.690. The first-order chi connectivity index (χ1) is 15.0. The lowest BCUT2D eigenvalue weighted by atomic mass is 9.62. The Labute approximate surface area is 191 Å². The SMILES string of the molecule is C=CC#C/C=C\C1N=C2C[C@@H](OCCCC3CCCCCC3)C(C)CC2(C)C(C)=C1C. The molecule has 3 rings (SSSR count). The van der Waals surface area contributed by atoms with Crippen molar-refractivity contribution in [2.45, 2.75) is 104 Å². The minimum absolute atomic E-state index is 0.0842. The molecule has 3 unspecified atom stereocenters. The van der Waals surface area contributed by atoms with Gasteiger partial charge in [0.25, 0.3) is 0 Å². The Balaban J connectivity index is 1.59. The second-order valence-electron chi connectivity index (χ2n) is 10.3. The zero-order valence-electron chi connectivity index (χ0n) is 20.4. The van der Waals surface area contributed by atoms with Gasteiger partial charge in [-0.15, -0.1) is 0 Å². The number of fused-ring (bicyclic) bond motifs is 1. The molecular formula is C29H43NO. The highest BCUT2D eigenvalue weighted by Gasteiger charge is 2.45. The third-order valence-corrected chi connectivity index (χ3v) is 8.16. The van der Waals surface area contributed by atoms with Crippen LogP contribution in [0.1, 0.15) is 91.9 Å². The topological polar surface area (TPSA) is 21.6 Å². The summed E-state index contributed by atoms with van der Waals surface area (Å²) in [6, 6.07) is 0.103. The molecule has 2 fully saturated rings. The van der Waals surface area contributed by atoms with Gasteiger partial charge in [0.1, 0.15) is 0 Å². The summed E-state index contributed by atoms with van der Waals surface area (Å²) in [5, 5.41) is 0. The number of ether oxygens (including phenoxy) is 1. The minimum atomic E-state index is 0.0842. The smallest absolute Gasteiger partial charge is 0.0899 e. The van der Waals surface area contributed by atoms with Crippen molar-refractivity contribution in [2.24, 2.45) is 22.2 Å². The van der Waals surface area contributed by atoms with Crippen LogP contribution in [0, 0.1) is 29.1 Å². The van der Waals surface area contributed by atoms with E-state index >= 15 is 0 Å². The van der Waals surface area contributed by atoms with Crippen LogP contribution in [0.3, 0.4) is 0 Å². The zero-order valence-corrected chi connectivity index (χ0v) is 20.4. The van der Waals surface area contributed by atoms with Crippen molar-refractivity contribution in [1.29, 1.82) is 0 Å². The molecule has 0 spiro atoms. The van der Waals surface area contributed by atoms with Crippen molar-refractivity contribution in [2.75, 3.05) is 6.61 Å². The normalized spacial score (nSPS) is 32.1. The molecule has 0 aromatic carbocycles. The lowest BCUT2D eigenvalue weighted by molar-refractivity contribution is 0.000664. The first kappa shape index (κ1) is 24.1. The molecule has 0 bridgehead atoms. The van der Waals surface area contributed by atoms with E-state index in [2.05, 4.69) is 52.2 Å². The highest BCUT2D eigenvalue weighted by atomic mass is 16.5. The van der Waals surface area contributed by atoms with Crippen molar-refractivity contribution in [3.8, 4) is 11.8 Å². The van der Waals surface area contributed by atoms with E-state index in [1.807, 2.05) is 6.08 Å². The van der Waals surface area contributed by atoms with Crippen LogP contribution in [0.5, 0.6) is 0 Å². The first-order valence-electron chi connectivity index (χ1n) is 12.6. The predicted octanol–water partition coefficient (Wildman–Crippen LogP) is 7.46. The molecule has 0 aromatic heterocycles. The lowest BCUT2D eigenvalue weighted by Gasteiger charge is -2.46. The van der Waals surface area contributed by atoms with Gasteiger partial charge in [-0.3, -0.25) is 4.99 Å². The Morgan fingerprint density at radius 1 is 1.16 bits per heavy atom. The second-order valence-corrected chi connectivity index (χ2v) is 10.3. The molecule has 3 aliphatic rings. The monoisotopic (exact) mass is 421 g/mol. The average Bonchev–Trinajstić information content (AvgIpc) is 3.02. The molecular weight excluding hydrogens is 378 g/mol. The summed E-state index contributed by atoms with van der Waals surface area (Å²) in [6.07, 6.45) is 19.3. The molecule has 2 nitrogen and oxygen atoms in total. The number of hydrogen-bond acceptors (Lipinski definition) is 2. The van der Waals surface area contributed by atoms with Gasteiger partial charge >= 0.3 is 0 Å². The summed E-state index contributed by atoms with van der Waals surface area (Å²) >= 11 is 0. The van der Waals surface area contributed by atoms with E-state index in [1.54, 1.807) is 6.08 Å². The summed E-state index contributed by atoms with van der Waals surface area (Å²) in [5.74, 6) is 7.41. The van der Waals surface area contributed by atoms with E-state index in [-0.39, 0.29) is 11.5 Å². The Kier molecular flexibility index (Phi) is 8.79. The number of hydrogen-bond donors (Lipinski definition) is 0. The van der Waals surface area contributed by atoms with Crippen LogP contribution < -0.4 is 0 Å². The zero-order chi connectivity index (χ0) is 22.3. The molecule has 1 aliphatic heterocycles. The summed E-state index contributed by atoms with van der Waals surface area (Å²) in [7, 11) is 0. The van der Waals surface area contributed by atoms with Crippen molar-refractivity contribution < 1.29 is 4.74 Å². The summed E-state index contributed by atoms with van der Waals surface area (Å²) in [6.45, 7) is 13.9. The van der Waals surface area contributed by atoms with Gasteiger partial charge in [0, 0.05) is 24.2 Å². The molecule has 2 heteroatoms. The number of aliphatic imine (C=N–C) groups is 1. The van der Waals surface area contributed by atoms with Crippen LogP contribution >= 0.6 is 0 Å². The third-order valence-electron chi connectivity index (χ3n) is 8.16. The van der Waals surface area contributed by atoms with Gasteiger partial charge in [-0.05, 0) is 68.7 Å². The standard InChI is InChI=1S/C29H43NO/c1-6-7-8-13-18-26-23(3)24(4)29(5)21-22(2)27(20-28(29)30-26)31-19-14-17-25-15-11-9-10-12-16-25/h6,13,18,22,25-27H,1,9-12,14-17,19-21H2,2-5H3/b18-13-/t22?,26?,27-,29?/m1/s1. The highest BCUT2D eigenvalue weighted by molar-refractivity contribution is 5.95. The molecule has 170 valence electrons. The highest BCUT2D eigenvalue weighted by Crippen LogP contribution is 2.47. The van der Waals surface area contributed by atoms with Crippen LogP contribution in [0.25, 0.3) is 0 Å². The van der Waals surface area contributed by atoms with Crippen molar-refractivity contribution in [3.05, 3.63) is 36.0 Å². The molecule has 2 saturated carbocycles. The maximum atomic E-state index is 6.47. The van der Waals surface area contributed by atoms with Crippen LogP contribution in [0.15, 0.2) is 40.9 Å². The van der Waals surface area contributed by atoms with Crippen molar-refractivity contribution >= 4 is 5.71 Å². The van der Waals surface area contributed by atoms with Crippen molar-refractivity contribution in [3.63, 3.8) is 0 Å². The summed E-state index contributed by atoms with van der Waals surface area (Å²) in [4.78, 5) is 5.20. The van der Waals surface area contributed by atoms with E-state index < -0.39 is 0 Å². The first-order valence-corrected chi connectivity index (χ1v) is 12.6. The van der Waals surface area contributed by atoms with E-state index in [0.29, 0.717) is 12.0 Å². The maximum Gasteiger partial charge on any atom is 0.0899 e. The Bertz CT molecular complexity index is 768. The molecule has 31 heavy (non-hydrogen) atoms. The molecule has 1 heterocycles. The van der Waals surface area contributed by atoms with Crippen LogP contribution in [-0.4, -0.2) is 24.5 Å². The maximum absolute atomic E-state index is 6.47. The average molecular weight is 422 g/mol. The third kappa shape index (κ3) is 6.01. The summed E-state index contributed by atoms with van der Waals surface area (Å²) < 4.78 is 6.47. The van der Waals surface area contributed by atoms with Gasteiger partial charge < -0.3 is 4.74 Å². The van der Waals surface area contributed by atoms with Crippen LogP contribution in [0.4, 0.5) is 0 Å². The van der Waals surface area contributed by atoms with Gasteiger partial charge in [0.2, 0.25) is 0 Å². The van der Waals surface area contributed by atoms with Gasteiger partial charge in [0.05, 0.1) is 12.1 Å². The van der Waals surface area contributed by atoms with E-state index in [4.69, 9.17) is 9.73 Å². The number of nitrogens with zero attached hydrogens (tertiary/aromatic N) is 1. The minimum Gasteiger partial charge on any atom is -0.378 e. The Hall–Kier alpha value is -1.59. The molecule has 0 amide bonds. The lowest BCUT2D eigenvalue weighted by Crippen LogP contribution is -2.46. The van der Waals surface area contributed by atoms with E-state index in [0.717, 1.165) is 25.4 Å². The van der Waals surface area contributed by atoms with Crippen LogP contribution in [0.2, 0.25) is 0 Å². The molecule has 0 N–H and O–H groups in total. The molecule has 0 aromatic rings.